The largest absolute Gasteiger partial charge is 0.465 e. The van der Waals surface area contributed by atoms with Gasteiger partial charge in [0.25, 0.3) is 0 Å². The maximum Gasteiger partial charge on any atom is 0.409 e. The van der Waals surface area contributed by atoms with Gasteiger partial charge in [0.05, 0.1) is 13.2 Å². The van der Waals surface area contributed by atoms with E-state index in [0.717, 1.165) is 44.2 Å². The van der Waals surface area contributed by atoms with E-state index in [4.69, 9.17) is 9.15 Å². The second-order valence-corrected chi connectivity index (χ2v) is 4.47. The molecule has 0 bridgehead atoms. The second-order valence-electron chi connectivity index (χ2n) is 4.47. The summed E-state index contributed by atoms with van der Waals surface area (Å²) in [6.07, 6.45) is -0.203. The molecule has 1 fully saturated rings. The van der Waals surface area contributed by atoms with Gasteiger partial charge in [-0.25, -0.2) is 4.79 Å². The number of furan rings is 1. The Morgan fingerprint density at radius 1 is 1.33 bits per heavy atom. The first kappa shape index (κ1) is 13.0. The molecule has 1 aliphatic heterocycles. The van der Waals surface area contributed by atoms with Gasteiger partial charge in [0, 0.05) is 26.2 Å². The molecule has 1 aromatic heterocycles. The third-order valence-corrected chi connectivity index (χ3v) is 3.07. The third-order valence-electron chi connectivity index (χ3n) is 3.07. The van der Waals surface area contributed by atoms with Crippen LogP contribution < -0.4 is 0 Å². The second kappa shape index (κ2) is 5.91. The lowest BCUT2D eigenvalue weighted by Crippen LogP contribution is -2.48. The van der Waals surface area contributed by atoms with E-state index in [0.29, 0.717) is 6.61 Å². The summed E-state index contributed by atoms with van der Waals surface area (Å²) in [6, 6.07) is 3.98. The minimum absolute atomic E-state index is 0.203. The monoisotopic (exact) mass is 252 g/mol. The van der Waals surface area contributed by atoms with Crippen LogP contribution in [0.15, 0.2) is 16.5 Å². The molecule has 0 unspecified atom stereocenters. The summed E-state index contributed by atoms with van der Waals surface area (Å²) in [7, 11) is 0. The van der Waals surface area contributed by atoms with Crippen molar-refractivity contribution in [1.29, 1.82) is 0 Å². The van der Waals surface area contributed by atoms with Gasteiger partial charge in [0.1, 0.15) is 11.5 Å². The normalized spacial score (nSPS) is 16.9. The van der Waals surface area contributed by atoms with E-state index in [1.54, 1.807) is 4.90 Å². The van der Waals surface area contributed by atoms with Gasteiger partial charge in [-0.2, -0.15) is 0 Å². The lowest BCUT2D eigenvalue weighted by Gasteiger charge is -2.33. The number of aryl methyl sites for hydroxylation is 1. The van der Waals surface area contributed by atoms with Crippen LogP contribution in [0.5, 0.6) is 0 Å². The number of piperazine rings is 1. The minimum atomic E-state index is -0.203. The molecule has 0 radical (unpaired) electrons. The zero-order valence-electron chi connectivity index (χ0n) is 11.0. The molecular formula is C13H20N2O3. The molecule has 2 heterocycles. The first-order valence-corrected chi connectivity index (χ1v) is 6.38. The standard InChI is InChI=1S/C13H20N2O3/c1-3-17-13(16)15-8-6-14(7-9-15)10-12-5-4-11(2)18-12/h4-5H,3,6-10H2,1-2H3. The van der Waals surface area contributed by atoms with Gasteiger partial charge in [0.15, 0.2) is 0 Å². The Morgan fingerprint density at radius 2 is 2.06 bits per heavy atom. The number of amides is 1. The van der Waals surface area contributed by atoms with Crippen LogP contribution in [0.4, 0.5) is 4.79 Å². The summed E-state index contributed by atoms with van der Waals surface area (Å²) >= 11 is 0. The zero-order chi connectivity index (χ0) is 13.0. The smallest absolute Gasteiger partial charge is 0.409 e. The number of nitrogens with zero attached hydrogens (tertiary/aromatic N) is 2. The minimum Gasteiger partial charge on any atom is -0.465 e. The molecule has 18 heavy (non-hydrogen) atoms. The average Bonchev–Trinajstić information content (AvgIpc) is 2.76. The summed E-state index contributed by atoms with van der Waals surface area (Å²) in [5.41, 5.74) is 0. The fraction of sp³-hybridized carbons (Fsp3) is 0.615. The van der Waals surface area contributed by atoms with Crippen LogP contribution >= 0.6 is 0 Å². The van der Waals surface area contributed by atoms with Crippen LogP contribution in [0.2, 0.25) is 0 Å². The van der Waals surface area contributed by atoms with Crippen LogP contribution in [0.3, 0.4) is 0 Å². The van der Waals surface area contributed by atoms with Gasteiger partial charge in [-0.1, -0.05) is 0 Å². The molecule has 1 aromatic rings. The molecule has 0 aliphatic carbocycles. The van der Waals surface area contributed by atoms with Crippen molar-refractivity contribution in [1.82, 2.24) is 9.80 Å². The fourth-order valence-electron chi connectivity index (χ4n) is 2.09. The van der Waals surface area contributed by atoms with Crippen LogP contribution in [0.25, 0.3) is 0 Å². The van der Waals surface area contributed by atoms with E-state index in [-0.39, 0.29) is 6.09 Å². The van der Waals surface area contributed by atoms with Crippen molar-refractivity contribution >= 4 is 6.09 Å². The van der Waals surface area contributed by atoms with Crippen molar-refractivity contribution in [2.75, 3.05) is 32.8 Å². The fourth-order valence-corrected chi connectivity index (χ4v) is 2.09. The van der Waals surface area contributed by atoms with E-state index in [2.05, 4.69) is 4.90 Å². The van der Waals surface area contributed by atoms with Crippen LogP contribution in [-0.4, -0.2) is 48.7 Å². The predicted molar refractivity (Wildman–Crippen MR) is 67.3 cm³/mol. The Labute approximate surface area is 107 Å². The topological polar surface area (TPSA) is 45.9 Å². The summed E-state index contributed by atoms with van der Waals surface area (Å²) < 4.78 is 10.5. The van der Waals surface area contributed by atoms with E-state index in [1.165, 1.54) is 0 Å². The molecule has 1 aliphatic rings. The van der Waals surface area contributed by atoms with Crippen molar-refractivity contribution in [3.8, 4) is 0 Å². The molecule has 0 spiro atoms. The highest BCUT2D eigenvalue weighted by molar-refractivity contribution is 5.67. The summed E-state index contributed by atoms with van der Waals surface area (Å²) in [5.74, 6) is 1.92. The van der Waals surface area contributed by atoms with Gasteiger partial charge in [-0.05, 0) is 26.0 Å². The van der Waals surface area contributed by atoms with E-state index >= 15 is 0 Å². The number of hydrogen-bond donors (Lipinski definition) is 0. The maximum absolute atomic E-state index is 11.5. The van der Waals surface area contributed by atoms with Gasteiger partial charge >= 0.3 is 6.09 Å². The lowest BCUT2D eigenvalue weighted by atomic mass is 10.3. The SMILES string of the molecule is CCOC(=O)N1CCN(Cc2ccc(C)o2)CC1. The van der Waals surface area contributed by atoms with Crippen LogP contribution in [-0.2, 0) is 11.3 Å². The summed E-state index contributed by atoms with van der Waals surface area (Å²) in [6.45, 7) is 8.18. The number of carbonyl (C=O) groups is 1. The Hall–Kier alpha value is -1.49. The first-order valence-electron chi connectivity index (χ1n) is 6.38. The molecule has 0 N–H and O–H groups in total. The van der Waals surface area contributed by atoms with E-state index < -0.39 is 0 Å². The van der Waals surface area contributed by atoms with Crippen molar-refractivity contribution in [2.45, 2.75) is 20.4 Å². The molecule has 1 saturated heterocycles. The Bertz CT molecular complexity index is 395. The molecule has 0 saturated carbocycles. The quantitative estimate of drug-likeness (QED) is 0.823. The number of rotatable bonds is 3. The Morgan fingerprint density at radius 3 is 2.61 bits per heavy atom. The van der Waals surface area contributed by atoms with Gasteiger partial charge in [0.2, 0.25) is 0 Å². The molecule has 2 rings (SSSR count). The van der Waals surface area contributed by atoms with Gasteiger partial charge < -0.3 is 14.1 Å². The highest BCUT2D eigenvalue weighted by Crippen LogP contribution is 2.12. The van der Waals surface area contributed by atoms with E-state index in [9.17, 15) is 4.79 Å². The molecular weight excluding hydrogens is 232 g/mol. The van der Waals surface area contributed by atoms with E-state index in [1.807, 2.05) is 26.0 Å². The van der Waals surface area contributed by atoms with Crippen molar-refractivity contribution in [3.05, 3.63) is 23.7 Å². The molecule has 5 nitrogen and oxygen atoms in total. The van der Waals surface area contributed by atoms with Crippen LogP contribution in [0.1, 0.15) is 18.4 Å². The maximum atomic E-state index is 11.5. The molecule has 5 heteroatoms. The molecule has 100 valence electrons. The van der Waals surface area contributed by atoms with Crippen molar-refractivity contribution in [2.24, 2.45) is 0 Å². The average molecular weight is 252 g/mol. The van der Waals surface area contributed by atoms with Gasteiger partial charge in [-0.15, -0.1) is 0 Å². The predicted octanol–water partition coefficient (Wildman–Crippen LogP) is 1.86. The molecule has 1 amide bonds. The highest BCUT2D eigenvalue weighted by atomic mass is 16.6. The van der Waals surface area contributed by atoms with Gasteiger partial charge in [-0.3, -0.25) is 4.90 Å². The number of hydrogen-bond acceptors (Lipinski definition) is 4. The van der Waals surface area contributed by atoms with Crippen LogP contribution in [0, 0.1) is 6.92 Å². The Balaban J connectivity index is 1.78. The summed E-state index contributed by atoms with van der Waals surface area (Å²) in [4.78, 5) is 15.6. The lowest BCUT2D eigenvalue weighted by molar-refractivity contribution is 0.0760. The van der Waals surface area contributed by atoms with Crippen molar-refractivity contribution < 1.29 is 13.9 Å². The summed E-state index contributed by atoms with van der Waals surface area (Å²) in [5, 5.41) is 0. The number of carbonyl (C=O) groups excluding carboxylic acids is 1. The molecule has 0 atom stereocenters. The Kier molecular flexibility index (Phi) is 4.25. The first-order chi connectivity index (χ1) is 8.69. The third kappa shape index (κ3) is 3.26. The zero-order valence-corrected chi connectivity index (χ0v) is 11.0. The highest BCUT2D eigenvalue weighted by Gasteiger charge is 2.22. The van der Waals surface area contributed by atoms with Crippen molar-refractivity contribution in [3.63, 3.8) is 0 Å². The number of ether oxygens (including phenoxy) is 1. The molecule has 0 aromatic carbocycles.